The maximum atomic E-state index is 13.4. The van der Waals surface area contributed by atoms with Gasteiger partial charge in [0.15, 0.2) is 4.80 Å². The summed E-state index contributed by atoms with van der Waals surface area (Å²) in [7, 11) is 2.94. The molecule has 0 amide bonds. The predicted molar refractivity (Wildman–Crippen MR) is 115 cm³/mol. The first-order valence-corrected chi connectivity index (χ1v) is 10.1. The van der Waals surface area contributed by atoms with Crippen LogP contribution in [0.25, 0.3) is 6.08 Å². The minimum Gasteiger partial charge on any atom is -0.497 e. The second-order valence-corrected chi connectivity index (χ2v) is 7.77. The van der Waals surface area contributed by atoms with Crippen molar-refractivity contribution in [1.29, 1.82) is 0 Å². The Balaban J connectivity index is 1.93. The number of benzene rings is 2. The summed E-state index contributed by atoms with van der Waals surface area (Å²) < 4.78 is 12.3. The third kappa shape index (κ3) is 3.48. The van der Waals surface area contributed by atoms with Crippen molar-refractivity contribution >= 4 is 23.4 Å². The van der Waals surface area contributed by atoms with E-state index in [0.29, 0.717) is 20.6 Å². The van der Waals surface area contributed by atoms with Crippen molar-refractivity contribution in [1.82, 2.24) is 4.57 Å². The van der Waals surface area contributed by atoms with Gasteiger partial charge in [0, 0.05) is 0 Å². The number of fused-ring (bicyclic) bond motifs is 1. The van der Waals surface area contributed by atoms with E-state index in [0.717, 1.165) is 16.9 Å². The average Bonchev–Trinajstić information content (AvgIpc) is 3.08. The van der Waals surface area contributed by atoms with Crippen LogP contribution in [0.1, 0.15) is 24.1 Å². The molecule has 152 valence electrons. The number of carbonyl (C=O) groups is 1. The van der Waals surface area contributed by atoms with E-state index in [2.05, 4.69) is 4.99 Å². The largest absolute Gasteiger partial charge is 0.497 e. The molecule has 30 heavy (non-hydrogen) atoms. The number of allylic oxidation sites excluding steroid dienone is 1. The van der Waals surface area contributed by atoms with Gasteiger partial charge in [-0.2, -0.15) is 0 Å². The number of carbonyl (C=O) groups excluding carboxylic acids is 1. The molecule has 2 aromatic carbocycles. The number of methoxy groups -OCH3 is 2. The van der Waals surface area contributed by atoms with Gasteiger partial charge in [-0.05, 0) is 36.3 Å². The molecule has 1 aliphatic heterocycles. The Morgan fingerprint density at radius 1 is 1.10 bits per heavy atom. The number of hydrogen-bond donors (Lipinski definition) is 0. The highest BCUT2D eigenvalue weighted by atomic mass is 32.1. The van der Waals surface area contributed by atoms with Crippen LogP contribution in [-0.4, -0.2) is 24.8 Å². The van der Waals surface area contributed by atoms with Gasteiger partial charge in [0.05, 0.1) is 36.1 Å². The van der Waals surface area contributed by atoms with Gasteiger partial charge in [-0.25, -0.2) is 9.79 Å². The van der Waals surface area contributed by atoms with Crippen molar-refractivity contribution in [3.05, 3.63) is 96.7 Å². The molecule has 0 fully saturated rings. The molecule has 0 radical (unpaired) electrons. The monoisotopic (exact) mass is 420 g/mol. The molecular formula is C23H20N2O4S. The molecule has 1 aromatic heterocycles. The number of nitrogens with zero attached hydrogens (tertiary/aromatic N) is 2. The number of ether oxygens (including phenoxy) is 2. The molecule has 6 nitrogen and oxygen atoms in total. The second-order valence-electron chi connectivity index (χ2n) is 6.76. The molecule has 0 saturated carbocycles. The van der Waals surface area contributed by atoms with Gasteiger partial charge in [-0.3, -0.25) is 9.36 Å². The van der Waals surface area contributed by atoms with Crippen LogP contribution in [0.15, 0.2) is 75.7 Å². The molecule has 1 atom stereocenters. The van der Waals surface area contributed by atoms with Crippen LogP contribution >= 0.6 is 11.3 Å². The van der Waals surface area contributed by atoms with Crippen LogP contribution in [0.2, 0.25) is 0 Å². The second kappa shape index (κ2) is 8.12. The van der Waals surface area contributed by atoms with Crippen molar-refractivity contribution in [3.8, 4) is 5.75 Å². The van der Waals surface area contributed by atoms with Gasteiger partial charge in [0.1, 0.15) is 5.75 Å². The lowest BCUT2D eigenvalue weighted by Gasteiger charge is -2.24. The molecule has 0 spiro atoms. The zero-order chi connectivity index (χ0) is 21.3. The average molecular weight is 420 g/mol. The first kappa shape index (κ1) is 19.8. The van der Waals surface area contributed by atoms with E-state index in [1.165, 1.54) is 18.4 Å². The molecule has 3 aromatic rings. The van der Waals surface area contributed by atoms with E-state index in [9.17, 15) is 9.59 Å². The van der Waals surface area contributed by atoms with Crippen LogP contribution in [-0.2, 0) is 9.53 Å². The molecule has 2 heterocycles. The Hall–Kier alpha value is -3.45. The molecule has 1 aliphatic rings. The molecular weight excluding hydrogens is 400 g/mol. The van der Waals surface area contributed by atoms with Crippen molar-refractivity contribution in [2.24, 2.45) is 4.99 Å². The van der Waals surface area contributed by atoms with Crippen molar-refractivity contribution in [2.75, 3.05) is 14.2 Å². The molecule has 0 N–H and O–H groups in total. The standard InChI is InChI=1S/C23H20N2O4S/c1-14-19(22(27)29-3)20(16-7-5-4-6-8-16)25-21(26)18(30-23(25)24-14)13-15-9-11-17(28-2)12-10-15/h4-13,20H,1-3H3/b18-13-. The summed E-state index contributed by atoms with van der Waals surface area (Å²) in [6, 6.07) is 16.3. The van der Waals surface area contributed by atoms with E-state index in [-0.39, 0.29) is 5.56 Å². The lowest BCUT2D eigenvalue weighted by molar-refractivity contribution is -0.136. The molecule has 7 heteroatoms. The number of rotatable bonds is 4. The van der Waals surface area contributed by atoms with Crippen LogP contribution < -0.4 is 19.6 Å². The van der Waals surface area contributed by atoms with E-state index in [1.54, 1.807) is 18.6 Å². The lowest BCUT2D eigenvalue weighted by Crippen LogP contribution is -2.39. The third-order valence-electron chi connectivity index (χ3n) is 4.96. The molecule has 4 rings (SSSR count). The number of thiazole rings is 1. The first-order chi connectivity index (χ1) is 14.5. The Kier molecular flexibility index (Phi) is 5.37. The Morgan fingerprint density at radius 2 is 1.80 bits per heavy atom. The van der Waals surface area contributed by atoms with E-state index >= 15 is 0 Å². The maximum Gasteiger partial charge on any atom is 0.338 e. The molecule has 1 unspecified atom stereocenters. The van der Waals surface area contributed by atoms with Crippen molar-refractivity contribution in [3.63, 3.8) is 0 Å². The fraction of sp³-hybridized carbons (Fsp3) is 0.174. The van der Waals surface area contributed by atoms with E-state index in [4.69, 9.17) is 9.47 Å². The summed E-state index contributed by atoms with van der Waals surface area (Å²) >= 11 is 1.30. The Morgan fingerprint density at radius 3 is 2.43 bits per heavy atom. The van der Waals surface area contributed by atoms with E-state index in [1.807, 2.05) is 60.7 Å². The molecule has 0 saturated heterocycles. The SMILES string of the molecule is COC(=O)C1=C(C)N=c2s/c(=C\c3ccc(OC)cc3)c(=O)n2C1c1ccccc1. The van der Waals surface area contributed by atoms with Crippen molar-refractivity contribution in [2.45, 2.75) is 13.0 Å². The van der Waals surface area contributed by atoms with E-state index < -0.39 is 12.0 Å². The molecule has 0 bridgehead atoms. The lowest BCUT2D eigenvalue weighted by atomic mass is 9.96. The quantitative estimate of drug-likeness (QED) is 0.608. The first-order valence-electron chi connectivity index (χ1n) is 9.33. The zero-order valence-electron chi connectivity index (χ0n) is 16.8. The van der Waals surface area contributed by atoms with Gasteiger partial charge in [-0.1, -0.05) is 53.8 Å². The maximum absolute atomic E-state index is 13.4. The minimum absolute atomic E-state index is 0.197. The van der Waals surface area contributed by atoms with Crippen LogP contribution in [0.5, 0.6) is 5.75 Å². The highest BCUT2D eigenvalue weighted by Gasteiger charge is 2.32. The summed E-state index contributed by atoms with van der Waals surface area (Å²) in [6.07, 6.45) is 1.82. The highest BCUT2D eigenvalue weighted by molar-refractivity contribution is 7.07. The summed E-state index contributed by atoms with van der Waals surface area (Å²) in [5.41, 5.74) is 2.42. The topological polar surface area (TPSA) is 69.9 Å². The van der Waals surface area contributed by atoms with Gasteiger partial charge < -0.3 is 9.47 Å². The fourth-order valence-corrected chi connectivity index (χ4v) is 4.54. The summed E-state index contributed by atoms with van der Waals surface area (Å²) in [6.45, 7) is 1.77. The Labute approximate surface area is 177 Å². The van der Waals surface area contributed by atoms with Gasteiger partial charge in [0.25, 0.3) is 5.56 Å². The van der Waals surface area contributed by atoms with Crippen LogP contribution in [0, 0.1) is 0 Å². The fourth-order valence-electron chi connectivity index (χ4n) is 3.49. The smallest absolute Gasteiger partial charge is 0.338 e. The number of hydrogen-bond acceptors (Lipinski definition) is 6. The van der Waals surface area contributed by atoms with Crippen LogP contribution in [0.4, 0.5) is 0 Å². The van der Waals surface area contributed by atoms with Gasteiger partial charge >= 0.3 is 5.97 Å². The number of esters is 1. The zero-order valence-corrected chi connectivity index (χ0v) is 17.6. The number of aromatic nitrogens is 1. The Bertz CT molecular complexity index is 1300. The predicted octanol–water partition coefficient (Wildman–Crippen LogP) is 2.42. The summed E-state index contributed by atoms with van der Waals surface area (Å²) in [4.78, 5) is 31.0. The van der Waals surface area contributed by atoms with Gasteiger partial charge in [-0.15, -0.1) is 0 Å². The third-order valence-corrected chi connectivity index (χ3v) is 5.94. The van der Waals surface area contributed by atoms with Crippen molar-refractivity contribution < 1.29 is 14.3 Å². The van der Waals surface area contributed by atoms with Crippen LogP contribution in [0.3, 0.4) is 0 Å². The highest BCUT2D eigenvalue weighted by Crippen LogP contribution is 2.30. The molecule has 0 aliphatic carbocycles. The van der Waals surface area contributed by atoms with Gasteiger partial charge in [0.2, 0.25) is 0 Å². The summed E-state index contributed by atoms with van der Waals surface area (Å²) in [5, 5.41) is 0. The summed E-state index contributed by atoms with van der Waals surface area (Å²) in [5.74, 6) is 0.255. The normalized spacial score (nSPS) is 16.1. The minimum atomic E-state index is -0.590.